The lowest BCUT2D eigenvalue weighted by atomic mass is 9.83. The summed E-state index contributed by atoms with van der Waals surface area (Å²) in [5, 5.41) is 3.35. The van der Waals surface area contributed by atoms with E-state index in [9.17, 15) is 4.79 Å². The summed E-state index contributed by atoms with van der Waals surface area (Å²) in [6.07, 6.45) is 9.32. The zero-order valence-electron chi connectivity index (χ0n) is 12.6. The van der Waals surface area contributed by atoms with Gasteiger partial charge < -0.3 is 10.2 Å². The highest BCUT2D eigenvalue weighted by molar-refractivity contribution is 5.79. The van der Waals surface area contributed by atoms with Crippen molar-refractivity contribution in [3.05, 3.63) is 0 Å². The topological polar surface area (TPSA) is 35.6 Å². The third-order valence-electron chi connectivity index (χ3n) is 5.38. The van der Waals surface area contributed by atoms with Gasteiger partial charge in [0.25, 0.3) is 0 Å². The summed E-state index contributed by atoms with van der Waals surface area (Å²) in [5.41, 5.74) is 0. The van der Waals surface area contributed by atoms with Crippen LogP contribution < -0.4 is 5.32 Å². The zero-order valence-corrected chi connectivity index (χ0v) is 12.6. The molecule has 0 aromatic heterocycles. The van der Waals surface area contributed by atoms with Gasteiger partial charge in [0.15, 0.2) is 0 Å². The quantitative estimate of drug-likeness (QED) is 0.849. The molecule has 0 spiro atoms. The molecule has 3 aliphatic rings. The molecule has 1 amide bonds. The first-order chi connectivity index (χ1) is 9.84. The molecule has 4 nitrogen and oxygen atoms in total. The summed E-state index contributed by atoms with van der Waals surface area (Å²) in [6.45, 7) is 5.75. The van der Waals surface area contributed by atoms with Crippen LogP contribution in [0.5, 0.6) is 0 Å². The second kappa shape index (κ2) is 6.90. The third kappa shape index (κ3) is 3.34. The van der Waals surface area contributed by atoms with Gasteiger partial charge in [0.2, 0.25) is 5.91 Å². The van der Waals surface area contributed by atoms with Crippen LogP contribution in [0.4, 0.5) is 0 Å². The van der Waals surface area contributed by atoms with E-state index >= 15 is 0 Å². The van der Waals surface area contributed by atoms with Crippen LogP contribution in [0.25, 0.3) is 0 Å². The van der Waals surface area contributed by atoms with Gasteiger partial charge in [0, 0.05) is 38.8 Å². The molecule has 2 saturated heterocycles. The molecule has 1 atom stereocenters. The van der Waals surface area contributed by atoms with E-state index < -0.39 is 0 Å². The number of hydrogen-bond acceptors (Lipinski definition) is 3. The lowest BCUT2D eigenvalue weighted by Crippen LogP contribution is -2.50. The number of rotatable bonds is 3. The number of nitrogens with one attached hydrogen (secondary N) is 1. The summed E-state index contributed by atoms with van der Waals surface area (Å²) in [7, 11) is 0. The lowest BCUT2D eigenvalue weighted by molar-refractivity contribution is -0.134. The van der Waals surface area contributed by atoms with Crippen molar-refractivity contribution in [2.75, 3.05) is 39.3 Å². The molecule has 4 heteroatoms. The number of hydrogen-bond donors (Lipinski definition) is 1. The Bertz CT molecular complexity index is 322. The summed E-state index contributed by atoms with van der Waals surface area (Å²) in [5.74, 6) is 1.18. The second-order valence-electron chi connectivity index (χ2n) is 6.72. The van der Waals surface area contributed by atoms with Crippen LogP contribution in [0.2, 0.25) is 0 Å². The molecule has 1 saturated carbocycles. The van der Waals surface area contributed by atoms with Gasteiger partial charge in [0.1, 0.15) is 0 Å². The fourth-order valence-corrected chi connectivity index (χ4v) is 4.26. The number of carbonyl (C=O) groups is 1. The Hall–Kier alpha value is -0.610. The normalized spacial score (nSPS) is 29.8. The van der Waals surface area contributed by atoms with Crippen molar-refractivity contribution in [1.29, 1.82) is 0 Å². The van der Waals surface area contributed by atoms with Crippen molar-refractivity contribution in [1.82, 2.24) is 15.1 Å². The average molecular weight is 279 g/mol. The first kappa shape index (κ1) is 14.3. The smallest absolute Gasteiger partial charge is 0.237 e. The minimum atomic E-state index is 0.389. The van der Waals surface area contributed by atoms with Crippen LogP contribution in [0.15, 0.2) is 0 Å². The van der Waals surface area contributed by atoms with Crippen LogP contribution in [0.1, 0.15) is 44.9 Å². The number of piperazine rings is 1. The van der Waals surface area contributed by atoms with Gasteiger partial charge in [-0.15, -0.1) is 0 Å². The van der Waals surface area contributed by atoms with Gasteiger partial charge in [-0.2, -0.15) is 0 Å². The molecule has 0 aromatic rings. The molecule has 0 aromatic carbocycles. The molecular weight excluding hydrogens is 250 g/mol. The molecule has 0 radical (unpaired) electrons. The Morgan fingerprint density at radius 2 is 1.70 bits per heavy atom. The van der Waals surface area contributed by atoms with Crippen molar-refractivity contribution in [2.24, 2.45) is 5.92 Å². The maximum absolute atomic E-state index is 12.6. The van der Waals surface area contributed by atoms with Crippen molar-refractivity contribution in [2.45, 2.75) is 51.0 Å². The average Bonchev–Trinajstić information content (AvgIpc) is 2.99. The van der Waals surface area contributed by atoms with E-state index in [-0.39, 0.29) is 0 Å². The molecule has 20 heavy (non-hydrogen) atoms. The maximum Gasteiger partial charge on any atom is 0.237 e. The third-order valence-corrected chi connectivity index (χ3v) is 5.38. The molecule has 1 N–H and O–H groups in total. The number of nitrogens with zero attached hydrogens (tertiary/aromatic N) is 2. The van der Waals surface area contributed by atoms with Crippen LogP contribution in [-0.4, -0.2) is 61.0 Å². The van der Waals surface area contributed by atoms with E-state index in [1.807, 2.05) is 0 Å². The Morgan fingerprint density at radius 1 is 0.950 bits per heavy atom. The Morgan fingerprint density at radius 3 is 2.45 bits per heavy atom. The molecule has 2 aliphatic heterocycles. The predicted molar refractivity (Wildman–Crippen MR) is 80.6 cm³/mol. The van der Waals surface area contributed by atoms with Gasteiger partial charge in [-0.1, -0.05) is 19.3 Å². The van der Waals surface area contributed by atoms with Crippen LogP contribution in [0, 0.1) is 5.92 Å². The fourth-order valence-electron chi connectivity index (χ4n) is 4.26. The first-order valence-corrected chi connectivity index (χ1v) is 8.57. The molecule has 1 unspecified atom stereocenters. The molecule has 114 valence electrons. The van der Waals surface area contributed by atoms with Crippen molar-refractivity contribution in [3.63, 3.8) is 0 Å². The number of carbonyl (C=O) groups excluding carboxylic acids is 1. The van der Waals surface area contributed by atoms with E-state index in [1.165, 1.54) is 44.9 Å². The van der Waals surface area contributed by atoms with Gasteiger partial charge in [0.05, 0.1) is 6.54 Å². The van der Waals surface area contributed by atoms with E-state index in [2.05, 4.69) is 15.1 Å². The van der Waals surface area contributed by atoms with Gasteiger partial charge in [-0.3, -0.25) is 9.69 Å². The summed E-state index contributed by atoms with van der Waals surface area (Å²) in [6, 6.07) is 0.561. The zero-order chi connectivity index (χ0) is 13.8. The van der Waals surface area contributed by atoms with Crippen molar-refractivity contribution >= 4 is 5.91 Å². The molecule has 2 heterocycles. The Kier molecular flexibility index (Phi) is 4.94. The minimum absolute atomic E-state index is 0.389. The first-order valence-electron chi connectivity index (χ1n) is 8.57. The summed E-state index contributed by atoms with van der Waals surface area (Å²) >= 11 is 0. The van der Waals surface area contributed by atoms with Crippen molar-refractivity contribution in [3.8, 4) is 0 Å². The minimum Gasteiger partial charge on any atom is -0.338 e. The molecule has 3 rings (SSSR count). The standard InChI is InChI=1S/C16H29N3O/c20-16(13-18-11-8-17-9-12-18)19-10-4-7-15(19)14-5-2-1-3-6-14/h14-15,17H,1-13H2. The summed E-state index contributed by atoms with van der Waals surface area (Å²) < 4.78 is 0. The molecule has 0 bridgehead atoms. The predicted octanol–water partition coefficient (Wildman–Crippen LogP) is 1.46. The van der Waals surface area contributed by atoms with Gasteiger partial charge >= 0.3 is 0 Å². The molecule has 1 aliphatic carbocycles. The van der Waals surface area contributed by atoms with E-state index in [0.29, 0.717) is 18.5 Å². The fraction of sp³-hybridized carbons (Fsp3) is 0.938. The second-order valence-corrected chi connectivity index (χ2v) is 6.72. The van der Waals surface area contributed by atoms with E-state index in [0.717, 1.165) is 38.6 Å². The van der Waals surface area contributed by atoms with Crippen LogP contribution in [-0.2, 0) is 4.79 Å². The lowest BCUT2D eigenvalue weighted by Gasteiger charge is -2.36. The molecule has 3 fully saturated rings. The summed E-state index contributed by atoms with van der Waals surface area (Å²) in [4.78, 5) is 17.2. The number of likely N-dealkylation sites (tertiary alicyclic amines) is 1. The highest BCUT2D eigenvalue weighted by Crippen LogP contribution is 2.34. The van der Waals surface area contributed by atoms with Crippen LogP contribution in [0.3, 0.4) is 0 Å². The maximum atomic E-state index is 12.6. The van der Waals surface area contributed by atoms with E-state index in [1.54, 1.807) is 0 Å². The highest BCUT2D eigenvalue weighted by Gasteiger charge is 2.35. The largest absolute Gasteiger partial charge is 0.338 e. The SMILES string of the molecule is O=C(CN1CCNCC1)N1CCCC1C1CCCCC1. The van der Waals surface area contributed by atoms with Gasteiger partial charge in [-0.05, 0) is 31.6 Å². The van der Waals surface area contributed by atoms with Gasteiger partial charge in [-0.25, -0.2) is 0 Å². The monoisotopic (exact) mass is 279 g/mol. The molecular formula is C16H29N3O. The van der Waals surface area contributed by atoms with Crippen LogP contribution >= 0.6 is 0 Å². The van der Waals surface area contributed by atoms with E-state index in [4.69, 9.17) is 0 Å². The Balaban J connectivity index is 1.55. The van der Waals surface area contributed by atoms with Crippen molar-refractivity contribution < 1.29 is 4.79 Å². The Labute approximate surface area is 122 Å². The highest BCUT2D eigenvalue weighted by atomic mass is 16.2. The number of amides is 1.